The molecule has 3 N–H and O–H groups in total. The molecule has 2 amide bonds. The van der Waals surface area contributed by atoms with Gasteiger partial charge in [0.1, 0.15) is 17.9 Å². The zero-order chi connectivity index (χ0) is 19.9. The van der Waals surface area contributed by atoms with Crippen LogP contribution in [0, 0.1) is 6.92 Å². The second-order valence-corrected chi connectivity index (χ2v) is 8.61. The first-order chi connectivity index (χ1) is 13.4. The highest BCUT2D eigenvalue weighted by Crippen LogP contribution is 2.40. The molecule has 3 aliphatic rings. The van der Waals surface area contributed by atoms with Gasteiger partial charge in [0.05, 0.1) is 11.8 Å². The lowest BCUT2D eigenvalue weighted by molar-refractivity contribution is -0.158. The Labute approximate surface area is 165 Å². The lowest BCUT2D eigenvalue weighted by Gasteiger charge is -2.48. The summed E-state index contributed by atoms with van der Waals surface area (Å²) in [6.45, 7) is 3.29. The van der Waals surface area contributed by atoms with Crippen LogP contribution in [0.5, 0.6) is 0 Å². The summed E-state index contributed by atoms with van der Waals surface area (Å²) >= 11 is 0. The minimum absolute atomic E-state index is 0.0737. The number of hydrogen-bond donors (Lipinski definition) is 2. The van der Waals surface area contributed by atoms with Gasteiger partial charge in [0.15, 0.2) is 0 Å². The summed E-state index contributed by atoms with van der Waals surface area (Å²) in [4.78, 5) is 30.5. The van der Waals surface area contributed by atoms with Crippen LogP contribution in [0.1, 0.15) is 57.1 Å². The van der Waals surface area contributed by atoms with Crippen molar-refractivity contribution in [3.63, 3.8) is 0 Å². The summed E-state index contributed by atoms with van der Waals surface area (Å²) in [5.41, 5.74) is 6.02. The van der Waals surface area contributed by atoms with E-state index in [-0.39, 0.29) is 30.5 Å². The summed E-state index contributed by atoms with van der Waals surface area (Å²) in [5, 5.41) is 14.1. The molecule has 28 heavy (non-hydrogen) atoms. The van der Waals surface area contributed by atoms with Crippen LogP contribution in [0.4, 0.5) is 5.82 Å². The van der Waals surface area contributed by atoms with Gasteiger partial charge in [-0.25, -0.2) is 4.68 Å². The van der Waals surface area contributed by atoms with E-state index in [0.29, 0.717) is 12.4 Å². The third-order valence-electron chi connectivity index (χ3n) is 6.76. The third kappa shape index (κ3) is 3.27. The minimum atomic E-state index is -0.706. The van der Waals surface area contributed by atoms with Crippen molar-refractivity contribution in [1.29, 1.82) is 0 Å². The number of nitrogens with two attached hydrogens (primary N) is 1. The number of hydrogen-bond acceptors (Lipinski definition) is 5. The average Bonchev–Trinajstić information content (AvgIpc) is 3.22. The van der Waals surface area contributed by atoms with Gasteiger partial charge >= 0.3 is 0 Å². The van der Waals surface area contributed by atoms with Crippen molar-refractivity contribution < 1.29 is 14.7 Å². The number of piperidine rings is 1. The molecule has 0 radical (unpaired) electrons. The molecule has 8 heteroatoms. The molecular formula is C20H31N5O3. The predicted molar refractivity (Wildman–Crippen MR) is 104 cm³/mol. The Morgan fingerprint density at radius 2 is 1.93 bits per heavy atom. The predicted octanol–water partition coefficient (Wildman–Crippen LogP) is 1.06. The van der Waals surface area contributed by atoms with Gasteiger partial charge in [0, 0.05) is 25.2 Å². The van der Waals surface area contributed by atoms with Crippen LogP contribution in [-0.4, -0.2) is 67.3 Å². The number of aliphatic hydroxyl groups is 1. The molecule has 3 heterocycles. The van der Waals surface area contributed by atoms with E-state index in [2.05, 4.69) is 5.10 Å². The molecule has 1 saturated carbocycles. The van der Waals surface area contributed by atoms with E-state index >= 15 is 0 Å². The van der Waals surface area contributed by atoms with Gasteiger partial charge in [-0.15, -0.1) is 0 Å². The number of aliphatic hydroxyl groups excluding tert-OH is 1. The maximum Gasteiger partial charge on any atom is 0.248 e. The van der Waals surface area contributed by atoms with Crippen molar-refractivity contribution >= 4 is 17.6 Å². The van der Waals surface area contributed by atoms with Crippen LogP contribution in [0.15, 0.2) is 6.07 Å². The van der Waals surface area contributed by atoms with Gasteiger partial charge < -0.3 is 20.6 Å². The fraction of sp³-hybridized carbons (Fsp3) is 0.750. The summed E-state index contributed by atoms with van der Waals surface area (Å²) in [6.07, 6.45) is 6.19. The third-order valence-corrected chi connectivity index (χ3v) is 6.76. The molecule has 1 atom stereocenters. The van der Waals surface area contributed by atoms with Gasteiger partial charge in [-0.3, -0.25) is 9.59 Å². The van der Waals surface area contributed by atoms with Gasteiger partial charge in [-0.05, 0) is 58.3 Å². The standard InChI is InChI=1S/C20H31N5O3/c1-14-12-17(21)25(22-14)13-18(27)24-11-3-9-20(24)8-2-10-23(19(20)28)15-4-6-16(26)7-5-15/h12,15-16,26H,2-11,13,21H2,1H3. The van der Waals surface area contributed by atoms with E-state index in [4.69, 9.17) is 5.73 Å². The first kappa shape index (κ1) is 19.2. The van der Waals surface area contributed by atoms with Crippen molar-refractivity contribution in [3.8, 4) is 0 Å². The Bertz CT molecular complexity index is 755. The summed E-state index contributed by atoms with van der Waals surface area (Å²) in [5.74, 6) is 0.494. The van der Waals surface area contributed by atoms with E-state index in [1.165, 1.54) is 4.68 Å². The number of carbonyl (C=O) groups is 2. The average molecular weight is 390 g/mol. The molecule has 8 nitrogen and oxygen atoms in total. The zero-order valence-corrected chi connectivity index (χ0v) is 16.6. The normalized spacial score (nSPS) is 31.0. The summed E-state index contributed by atoms with van der Waals surface area (Å²) < 4.78 is 1.53. The van der Waals surface area contributed by atoms with Crippen molar-refractivity contribution in [2.24, 2.45) is 0 Å². The molecule has 154 valence electrons. The van der Waals surface area contributed by atoms with Crippen LogP contribution in [0.25, 0.3) is 0 Å². The van der Waals surface area contributed by atoms with Crippen molar-refractivity contribution in [2.75, 3.05) is 18.8 Å². The fourth-order valence-corrected chi connectivity index (χ4v) is 5.37. The first-order valence-corrected chi connectivity index (χ1v) is 10.5. The molecule has 3 fully saturated rings. The Morgan fingerprint density at radius 1 is 1.25 bits per heavy atom. The minimum Gasteiger partial charge on any atom is -0.393 e. The highest BCUT2D eigenvalue weighted by Gasteiger charge is 2.53. The molecule has 1 aromatic rings. The summed E-state index contributed by atoms with van der Waals surface area (Å²) in [7, 11) is 0. The highest BCUT2D eigenvalue weighted by molar-refractivity contribution is 5.93. The largest absolute Gasteiger partial charge is 0.393 e. The number of aromatic nitrogens is 2. The molecule has 1 aliphatic carbocycles. The Hall–Kier alpha value is -2.09. The maximum atomic E-state index is 13.6. The van der Waals surface area contributed by atoms with Gasteiger partial charge in [-0.2, -0.15) is 5.10 Å². The topological polar surface area (TPSA) is 105 Å². The lowest BCUT2D eigenvalue weighted by atomic mass is 9.82. The van der Waals surface area contributed by atoms with Crippen LogP contribution >= 0.6 is 0 Å². The SMILES string of the molecule is Cc1cc(N)n(CC(=O)N2CCCC23CCCN(C2CCC(O)CC2)C3=O)n1. The van der Waals surface area contributed by atoms with Gasteiger partial charge in [-0.1, -0.05) is 0 Å². The highest BCUT2D eigenvalue weighted by atomic mass is 16.3. The summed E-state index contributed by atoms with van der Waals surface area (Å²) in [6, 6.07) is 1.94. The molecule has 1 spiro atoms. The van der Waals surface area contributed by atoms with Crippen LogP contribution in [0.2, 0.25) is 0 Å². The number of anilines is 1. The number of likely N-dealkylation sites (tertiary alicyclic amines) is 2. The van der Waals surface area contributed by atoms with E-state index in [1.54, 1.807) is 11.0 Å². The monoisotopic (exact) mass is 389 g/mol. The maximum absolute atomic E-state index is 13.6. The molecule has 0 bridgehead atoms. The van der Waals surface area contributed by atoms with E-state index in [0.717, 1.165) is 63.6 Å². The van der Waals surface area contributed by atoms with Gasteiger partial charge in [0.25, 0.3) is 0 Å². The molecular weight excluding hydrogens is 358 g/mol. The number of amides is 2. The van der Waals surface area contributed by atoms with Gasteiger partial charge in [0.2, 0.25) is 11.8 Å². The number of rotatable bonds is 3. The Morgan fingerprint density at radius 3 is 2.57 bits per heavy atom. The number of carbonyl (C=O) groups excluding carboxylic acids is 2. The van der Waals surface area contributed by atoms with Crippen LogP contribution in [0.3, 0.4) is 0 Å². The molecule has 0 aromatic carbocycles. The molecule has 2 saturated heterocycles. The van der Waals surface area contributed by atoms with E-state index < -0.39 is 5.54 Å². The molecule has 2 aliphatic heterocycles. The van der Waals surface area contributed by atoms with Crippen molar-refractivity contribution in [2.45, 2.75) is 82.5 Å². The first-order valence-electron chi connectivity index (χ1n) is 10.5. The van der Waals surface area contributed by atoms with Crippen LogP contribution < -0.4 is 5.73 Å². The zero-order valence-electron chi connectivity index (χ0n) is 16.6. The Kier molecular flexibility index (Phi) is 5.07. The van der Waals surface area contributed by atoms with Crippen molar-refractivity contribution in [1.82, 2.24) is 19.6 Å². The van der Waals surface area contributed by atoms with E-state index in [1.807, 2.05) is 11.8 Å². The van der Waals surface area contributed by atoms with Crippen LogP contribution in [-0.2, 0) is 16.1 Å². The second kappa shape index (κ2) is 7.39. The number of nitrogen functional groups attached to an aromatic ring is 1. The molecule has 1 unspecified atom stereocenters. The smallest absolute Gasteiger partial charge is 0.248 e. The fourth-order valence-electron chi connectivity index (χ4n) is 5.37. The second-order valence-electron chi connectivity index (χ2n) is 8.61. The lowest BCUT2D eigenvalue weighted by Crippen LogP contribution is -2.63. The molecule has 1 aromatic heterocycles. The van der Waals surface area contributed by atoms with E-state index in [9.17, 15) is 14.7 Å². The Balaban J connectivity index is 1.52. The van der Waals surface area contributed by atoms with Crippen molar-refractivity contribution in [3.05, 3.63) is 11.8 Å². The molecule has 4 rings (SSSR count). The quantitative estimate of drug-likeness (QED) is 0.804. The number of nitrogens with zero attached hydrogens (tertiary/aromatic N) is 4. The number of aryl methyl sites for hydroxylation is 1.